The summed E-state index contributed by atoms with van der Waals surface area (Å²) in [7, 11) is 0. The molecule has 0 bridgehead atoms. The van der Waals surface area contributed by atoms with Crippen LogP contribution in [0.2, 0.25) is 0 Å². The van der Waals surface area contributed by atoms with Crippen molar-refractivity contribution in [1.82, 2.24) is 5.32 Å². The molecule has 1 aliphatic rings. The second-order valence-corrected chi connectivity index (χ2v) is 5.47. The molecule has 1 aromatic carbocycles. The number of halogens is 1. The Kier molecular flexibility index (Phi) is 5.34. The van der Waals surface area contributed by atoms with Crippen LogP contribution in [-0.4, -0.2) is 19.8 Å². The topological polar surface area (TPSA) is 21.3 Å². The van der Waals surface area contributed by atoms with E-state index >= 15 is 0 Å². The number of rotatable bonds is 5. The molecule has 1 aliphatic heterocycles. The largest absolute Gasteiger partial charge is 0.381 e. The summed E-state index contributed by atoms with van der Waals surface area (Å²) < 4.78 is 19.2. The van der Waals surface area contributed by atoms with Crippen LogP contribution in [0.3, 0.4) is 0 Å². The Morgan fingerprint density at radius 1 is 1.42 bits per heavy atom. The molecule has 1 heterocycles. The summed E-state index contributed by atoms with van der Waals surface area (Å²) in [4.78, 5) is 0. The molecular formula is C16H24FNO. The van der Waals surface area contributed by atoms with Crippen molar-refractivity contribution in [3.05, 3.63) is 35.1 Å². The van der Waals surface area contributed by atoms with E-state index in [4.69, 9.17) is 4.74 Å². The van der Waals surface area contributed by atoms with Gasteiger partial charge in [0.2, 0.25) is 0 Å². The average Bonchev–Trinajstić information content (AvgIpc) is 2.39. The molecule has 1 fully saturated rings. The van der Waals surface area contributed by atoms with Gasteiger partial charge in [0, 0.05) is 18.6 Å². The van der Waals surface area contributed by atoms with Crippen LogP contribution in [0.25, 0.3) is 0 Å². The van der Waals surface area contributed by atoms with Crippen LogP contribution >= 0.6 is 0 Å². The van der Waals surface area contributed by atoms with Crippen LogP contribution < -0.4 is 5.32 Å². The monoisotopic (exact) mass is 265 g/mol. The summed E-state index contributed by atoms with van der Waals surface area (Å²) in [6.07, 6.45) is 3.33. The van der Waals surface area contributed by atoms with Crippen molar-refractivity contribution >= 4 is 0 Å². The van der Waals surface area contributed by atoms with Gasteiger partial charge in [0.25, 0.3) is 0 Å². The highest BCUT2D eigenvalue weighted by atomic mass is 19.1. The third-order valence-corrected chi connectivity index (χ3v) is 3.70. The molecule has 19 heavy (non-hydrogen) atoms. The molecule has 0 spiro atoms. The lowest BCUT2D eigenvalue weighted by Crippen LogP contribution is -2.34. The fourth-order valence-corrected chi connectivity index (χ4v) is 2.83. The number of nitrogens with one attached hydrogen (secondary N) is 1. The standard InChI is InChI=1S/C16H24FNO/c1-3-6-18-16(13-5-4-7-19-11-13)14-8-12(2)9-15(17)10-14/h8-10,13,16,18H,3-7,11H2,1-2H3. The molecule has 1 N–H and O–H groups in total. The first kappa shape index (κ1) is 14.5. The van der Waals surface area contributed by atoms with Crippen molar-refractivity contribution in [1.29, 1.82) is 0 Å². The zero-order chi connectivity index (χ0) is 13.7. The van der Waals surface area contributed by atoms with E-state index in [1.54, 1.807) is 12.1 Å². The van der Waals surface area contributed by atoms with Crippen LogP contribution in [0.5, 0.6) is 0 Å². The third kappa shape index (κ3) is 4.02. The van der Waals surface area contributed by atoms with Crippen molar-refractivity contribution in [3.8, 4) is 0 Å². The van der Waals surface area contributed by atoms with E-state index in [1.807, 2.05) is 6.92 Å². The van der Waals surface area contributed by atoms with Gasteiger partial charge in [-0.3, -0.25) is 0 Å². The predicted octanol–water partition coefficient (Wildman–Crippen LogP) is 3.60. The fraction of sp³-hybridized carbons (Fsp3) is 0.625. The minimum absolute atomic E-state index is 0.143. The zero-order valence-electron chi connectivity index (χ0n) is 11.9. The minimum atomic E-state index is -0.143. The van der Waals surface area contributed by atoms with E-state index in [9.17, 15) is 4.39 Å². The number of aryl methyl sites for hydroxylation is 1. The number of benzene rings is 1. The minimum Gasteiger partial charge on any atom is -0.381 e. The Morgan fingerprint density at radius 3 is 2.89 bits per heavy atom. The van der Waals surface area contributed by atoms with Gasteiger partial charge < -0.3 is 10.1 Å². The quantitative estimate of drug-likeness (QED) is 0.878. The summed E-state index contributed by atoms with van der Waals surface area (Å²) in [6, 6.07) is 5.53. The summed E-state index contributed by atoms with van der Waals surface area (Å²) in [5.41, 5.74) is 2.04. The fourth-order valence-electron chi connectivity index (χ4n) is 2.83. The lowest BCUT2D eigenvalue weighted by atomic mass is 9.88. The van der Waals surface area contributed by atoms with E-state index in [-0.39, 0.29) is 11.9 Å². The molecule has 1 saturated heterocycles. The van der Waals surface area contributed by atoms with Crippen molar-refractivity contribution in [2.24, 2.45) is 5.92 Å². The SMILES string of the molecule is CCCNC(c1cc(C)cc(F)c1)C1CCCOC1. The van der Waals surface area contributed by atoms with Gasteiger partial charge in [0.05, 0.1) is 6.61 Å². The smallest absolute Gasteiger partial charge is 0.123 e. The predicted molar refractivity (Wildman–Crippen MR) is 75.7 cm³/mol. The van der Waals surface area contributed by atoms with Gasteiger partial charge in [-0.25, -0.2) is 4.39 Å². The molecule has 0 aliphatic carbocycles. The molecule has 2 atom stereocenters. The summed E-state index contributed by atoms with van der Waals surface area (Å²) in [5, 5.41) is 3.56. The lowest BCUT2D eigenvalue weighted by molar-refractivity contribution is 0.0390. The van der Waals surface area contributed by atoms with E-state index in [0.717, 1.165) is 50.1 Å². The van der Waals surface area contributed by atoms with E-state index in [0.29, 0.717) is 5.92 Å². The second kappa shape index (κ2) is 7.01. The van der Waals surface area contributed by atoms with Gasteiger partial charge in [0.1, 0.15) is 5.82 Å². The summed E-state index contributed by atoms with van der Waals surface area (Å²) in [6.45, 7) is 6.69. The Morgan fingerprint density at radius 2 is 2.26 bits per heavy atom. The maximum Gasteiger partial charge on any atom is 0.123 e. The molecule has 3 heteroatoms. The molecule has 2 unspecified atom stereocenters. The van der Waals surface area contributed by atoms with Crippen molar-refractivity contribution in [2.75, 3.05) is 19.8 Å². The van der Waals surface area contributed by atoms with Crippen LogP contribution in [0.15, 0.2) is 18.2 Å². The molecule has 1 aromatic rings. The normalized spacial score (nSPS) is 21.3. The summed E-state index contributed by atoms with van der Waals surface area (Å²) >= 11 is 0. The maximum absolute atomic E-state index is 13.6. The molecule has 0 aromatic heterocycles. The van der Waals surface area contributed by atoms with Crippen LogP contribution in [-0.2, 0) is 4.74 Å². The Balaban J connectivity index is 2.19. The summed E-state index contributed by atoms with van der Waals surface area (Å²) in [5.74, 6) is 0.302. The highest BCUT2D eigenvalue weighted by molar-refractivity contribution is 5.27. The number of ether oxygens (including phenoxy) is 1. The molecule has 2 rings (SSSR count). The van der Waals surface area contributed by atoms with Crippen LogP contribution in [0.4, 0.5) is 4.39 Å². The highest BCUT2D eigenvalue weighted by Gasteiger charge is 2.25. The molecule has 0 saturated carbocycles. The lowest BCUT2D eigenvalue weighted by Gasteiger charge is -2.31. The zero-order valence-corrected chi connectivity index (χ0v) is 11.9. The van der Waals surface area contributed by atoms with Crippen molar-refractivity contribution < 1.29 is 9.13 Å². The molecule has 0 amide bonds. The second-order valence-electron chi connectivity index (χ2n) is 5.47. The van der Waals surface area contributed by atoms with Gasteiger partial charge in [-0.05, 0) is 56.0 Å². The number of hydrogen-bond acceptors (Lipinski definition) is 2. The molecule has 106 valence electrons. The Labute approximate surface area is 115 Å². The van der Waals surface area contributed by atoms with Gasteiger partial charge in [-0.2, -0.15) is 0 Å². The first-order valence-corrected chi connectivity index (χ1v) is 7.29. The molecule has 2 nitrogen and oxygen atoms in total. The maximum atomic E-state index is 13.6. The highest BCUT2D eigenvalue weighted by Crippen LogP contribution is 2.29. The Bertz CT molecular complexity index is 381. The Hall–Kier alpha value is -0.930. The van der Waals surface area contributed by atoms with Gasteiger partial charge in [0.15, 0.2) is 0 Å². The van der Waals surface area contributed by atoms with Crippen LogP contribution in [0.1, 0.15) is 43.4 Å². The first-order valence-electron chi connectivity index (χ1n) is 7.29. The third-order valence-electron chi connectivity index (χ3n) is 3.70. The number of hydrogen-bond donors (Lipinski definition) is 1. The molecule has 0 radical (unpaired) electrons. The van der Waals surface area contributed by atoms with Gasteiger partial charge >= 0.3 is 0 Å². The van der Waals surface area contributed by atoms with Gasteiger partial charge in [-0.1, -0.05) is 13.0 Å². The van der Waals surface area contributed by atoms with Crippen molar-refractivity contribution in [2.45, 2.75) is 39.2 Å². The van der Waals surface area contributed by atoms with E-state index in [1.165, 1.54) is 0 Å². The average molecular weight is 265 g/mol. The molecular weight excluding hydrogens is 241 g/mol. The van der Waals surface area contributed by atoms with E-state index < -0.39 is 0 Å². The van der Waals surface area contributed by atoms with Crippen LogP contribution in [0, 0.1) is 18.7 Å². The first-order chi connectivity index (χ1) is 9.20. The van der Waals surface area contributed by atoms with Crippen molar-refractivity contribution in [3.63, 3.8) is 0 Å². The van der Waals surface area contributed by atoms with Gasteiger partial charge in [-0.15, -0.1) is 0 Å². The van der Waals surface area contributed by atoms with E-state index in [2.05, 4.69) is 18.3 Å².